The van der Waals surface area contributed by atoms with E-state index in [4.69, 9.17) is 0 Å². The summed E-state index contributed by atoms with van der Waals surface area (Å²) in [5.74, 6) is -5.27. The SMILES string of the molecule is O=C([O-])Cc1cc(F)c(F)cc1F.[Na+]. The van der Waals surface area contributed by atoms with Crippen molar-refractivity contribution in [1.82, 2.24) is 0 Å². The van der Waals surface area contributed by atoms with Gasteiger partial charge >= 0.3 is 29.6 Å². The first kappa shape index (κ1) is 13.5. The molecule has 0 bridgehead atoms. The van der Waals surface area contributed by atoms with Crippen molar-refractivity contribution in [2.75, 3.05) is 0 Å². The minimum Gasteiger partial charge on any atom is -0.550 e. The summed E-state index contributed by atoms with van der Waals surface area (Å²) in [6.07, 6.45) is -0.775. The van der Waals surface area contributed by atoms with Gasteiger partial charge in [-0.25, -0.2) is 13.2 Å². The van der Waals surface area contributed by atoms with E-state index in [1.165, 1.54) is 0 Å². The van der Waals surface area contributed by atoms with Gasteiger partial charge in [0.2, 0.25) is 0 Å². The van der Waals surface area contributed by atoms with Crippen LogP contribution in [0.5, 0.6) is 0 Å². The summed E-state index contributed by atoms with van der Waals surface area (Å²) in [4.78, 5) is 10.0. The molecule has 0 saturated heterocycles. The molecule has 0 saturated carbocycles. The molecule has 0 heterocycles. The van der Waals surface area contributed by atoms with Crippen molar-refractivity contribution in [1.29, 1.82) is 0 Å². The molecule has 70 valence electrons. The molecule has 0 aromatic heterocycles. The summed E-state index contributed by atoms with van der Waals surface area (Å²) in [7, 11) is 0. The molecule has 14 heavy (non-hydrogen) atoms. The van der Waals surface area contributed by atoms with E-state index < -0.39 is 35.4 Å². The van der Waals surface area contributed by atoms with Gasteiger partial charge in [-0.1, -0.05) is 0 Å². The zero-order chi connectivity index (χ0) is 10.0. The van der Waals surface area contributed by atoms with Gasteiger partial charge in [0.05, 0.1) is 0 Å². The van der Waals surface area contributed by atoms with Gasteiger partial charge in [-0.15, -0.1) is 0 Å². The van der Waals surface area contributed by atoms with Crippen LogP contribution in [0.1, 0.15) is 5.56 Å². The average Bonchev–Trinajstić information content (AvgIpc) is 1.99. The van der Waals surface area contributed by atoms with Crippen LogP contribution in [0, 0.1) is 17.5 Å². The van der Waals surface area contributed by atoms with Crippen molar-refractivity contribution in [2.45, 2.75) is 6.42 Å². The van der Waals surface area contributed by atoms with E-state index in [-0.39, 0.29) is 29.6 Å². The molecule has 0 amide bonds. The van der Waals surface area contributed by atoms with Gasteiger partial charge in [-0.05, 0) is 11.6 Å². The molecule has 0 unspecified atom stereocenters. The van der Waals surface area contributed by atoms with E-state index in [2.05, 4.69) is 0 Å². The number of hydrogen-bond acceptors (Lipinski definition) is 2. The number of carboxylic acid groups (broad SMARTS) is 1. The summed E-state index contributed by atoms with van der Waals surface area (Å²) in [5.41, 5.74) is -0.432. The normalized spacial score (nSPS) is 9.36. The van der Waals surface area contributed by atoms with Crippen LogP contribution in [0.3, 0.4) is 0 Å². The Balaban J connectivity index is 0.00000169. The number of hydrogen-bond donors (Lipinski definition) is 0. The van der Waals surface area contributed by atoms with Crippen LogP contribution in [0.2, 0.25) is 0 Å². The van der Waals surface area contributed by atoms with Gasteiger partial charge in [0.15, 0.2) is 11.6 Å². The topological polar surface area (TPSA) is 40.1 Å². The molecule has 0 atom stereocenters. The second kappa shape index (κ2) is 5.38. The maximum absolute atomic E-state index is 12.7. The minimum absolute atomic E-state index is 0. The zero-order valence-electron chi connectivity index (χ0n) is 7.31. The van der Waals surface area contributed by atoms with Crippen molar-refractivity contribution < 1.29 is 52.6 Å². The molecule has 0 N–H and O–H groups in total. The average molecular weight is 212 g/mol. The first-order valence-corrected chi connectivity index (χ1v) is 3.34. The van der Waals surface area contributed by atoms with E-state index in [0.29, 0.717) is 12.1 Å². The Morgan fingerprint density at radius 3 is 2.14 bits per heavy atom. The van der Waals surface area contributed by atoms with Crippen LogP contribution in [0.15, 0.2) is 12.1 Å². The molecule has 0 fully saturated rings. The van der Waals surface area contributed by atoms with Crippen molar-refractivity contribution in [3.63, 3.8) is 0 Å². The molecule has 1 aromatic rings. The Morgan fingerprint density at radius 2 is 1.64 bits per heavy atom. The molecular weight excluding hydrogens is 208 g/mol. The third-order valence-corrected chi connectivity index (χ3v) is 1.42. The maximum atomic E-state index is 12.7. The van der Waals surface area contributed by atoms with Crippen LogP contribution in [-0.2, 0) is 11.2 Å². The van der Waals surface area contributed by atoms with E-state index in [1.807, 2.05) is 0 Å². The largest absolute Gasteiger partial charge is 1.00 e. The third kappa shape index (κ3) is 3.32. The maximum Gasteiger partial charge on any atom is 1.00 e. The van der Waals surface area contributed by atoms with Crippen LogP contribution < -0.4 is 34.7 Å². The van der Waals surface area contributed by atoms with Crippen molar-refractivity contribution in [2.24, 2.45) is 0 Å². The fourth-order valence-electron chi connectivity index (χ4n) is 0.855. The number of carbonyl (C=O) groups is 1. The predicted octanol–water partition coefficient (Wildman–Crippen LogP) is -2.60. The molecule has 0 aliphatic rings. The summed E-state index contributed by atoms with van der Waals surface area (Å²) >= 11 is 0. The van der Waals surface area contributed by atoms with Gasteiger partial charge in [0.25, 0.3) is 0 Å². The first-order chi connectivity index (χ1) is 6.00. The van der Waals surface area contributed by atoms with E-state index in [1.54, 1.807) is 0 Å². The molecular formula is C8H4F3NaO2. The second-order valence-electron chi connectivity index (χ2n) is 2.41. The van der Waals surface area contributed by atoms with Gasteiger partial charge in [-0.3, -0.25) is 0 Å². The molecule has 2 nitrogen and oxygen atoms in total. The Bertz CT molecular complexity index is 355. The molecule has 0 spiro atoms. The number of carboxylic acids is 1. The summed E-state index contributed by atoms with van der Waals surface area (Å²) in [5, 5.41) is 10.0. The summed E-state index contributed by atoms with van der Waals surface area (Å²) in [6.45, 7) is 0. The van der Waals surface area contributed by atoms with Crippen LogP contribution in [0.25, 0.3) is 0 Å². The van der Waals surface area contributed by atoms with E-state index in [9.17, 15) is 23.1 Å². The zero-order valence-corrected chi connectivity index (χ0v) is 9.31. The number of rotatable bonds is 2. The fourth-order valence-corrected chi connectivity index (χ4v) is 0.855. The monoisotopic (exact) mass is 212 g/mol. The summed E-state index contributed by atoms with van der Waals surface area (Å²) < 4.78 is 37.5. The number of halogens is 3. The van der Waals surface area contributed by atoms with Crippen molar-refractivity contribution in [3.05, 3.63) is 35.1 Å². The van der Waals surface area contributed by atoms with Crippen LogP contribution in [0.4, 0.5) is 13.2 Å². The quantitative estimate of drug-likeness (QED) is 0.398. The van der Waals surface area contributed by atoms with Gasteiger partial charge in [0, 0.05) is 18.5 Å². The van der Waals surface area contributed by atoms with Gasteiger partial charge < -0.3 is 9.90 Å². The van der Waals surface area contributed by atoms with E-state index in [0.717, 1.165) is 0 Å². The van der Waals surface area contributed by atoms with E-state index >= 15 is 0 Å². The van der Waals surface area contributed by atoms with Crippen molar-refractivity contribution >= 4 is 5.97 Å². The molecule has 0 aliphatic heterocycles. The molecule has 6 heteroatoms. The van der Waals surface area contributed by atoms with Crippen LogP contribution >= 0.6 is 0 Å². The molecule has 0 aliphatic carbocycles. The molecule has 1 rings (SSSR count). The van der Waals surface area contributed by atoms with Gasteiger partial charge in [0.1, 0.15) is 5.82 Å². The fraction of sp³-hybridized carbons (Fsp3) is 0.125. The van der Waals surface area contributed by atoms with Crippen molar-refractivity contribution in [3.8, 4) is 0 Å². The third-order valence-electron chi connectivity index (χ3n) is 1.42. The predicted molar refractivity (Wildman–Crippen MR) is 35.0 cm³/mol. The smallest absolute Gasteiger partial charge is 0.550 e. The van der Waals surface area contributed by atoms with Crippen LogP contribution in [-0.4, -0.2) is 5.97 Å². The number of aliphatic carboxylic acids is 1. The van der Waals surface area contributed by atoms with Gasteiger partial charge in [-0.2, -0.15) is 0 Å². The standard InChI is InChI=1S/C8H5F3O2.Na/c9-5-3-7(11)6(10)1-4(5)2-8(12)13;/h1,3H,2H2,(H,12,13);/q;+1/p-1. The Kier molecular flexibility index (Phi) is 5.18. The minimum atomic E-state index is -1.55. The Hall–Kier alpha value is -0.520. The number of benzene rings is 1. The molecule has 1 aromatic carbocycles. The summed E-state index contributed by atoms with van der Waals surface area (Å²) in [6, 6.07) is 0.800. The Labute approximate surface area is 100 Å². The number of carbonyl (C=O) groups excluding carboxylic acids is 1. The second-order valence-corrected chi connectivity index (χ2v) is 2.41. The Morgan fingerprint density at radius 1 is 1.14 bits per heavy atom. The first-order valence-electron chi connectivity index (χ1n) is 3.34. The molecule has 0 radical (unpaired) electrons.